The van der Waals surface area contributed by atoms with Crippen LogP contribution in [0.5, 0.6) is 0 Å². The Morgan fingerprint density at radius 3 is 1.79 bits per heavy atom. The number of hydrogen-bond acceptors (Lipinski definition) is 4. The first-order valence-corrected chi connectivity index (χ1v) is 18.5. The molecule has 0 bridgehead atoms. The maximum Gasteiger partial charge on any atom is 0.192 e. The highest BCUT2D eigenvalue weighted by Crippen LogP contribution is 2.42. The van der Waals surface area contributed by atoms with E-state index in [4.69, 9.17) is 8.85 Å². The van der Waals surface area contributed by atoms with E-state index in [0.717, 1.165) is 0 Å². The molecule has 196 valence electrons. The fourth-order valence-corrected chi connectivity index (χ4v) is 6.07. The molecule has 6 heteroatoms. The molecule has 1 N–H and O–H groups in total. The van der Waals surface area contributed by atoms with Crippen molar-refractivity contribution >= 4 is 22.4 Å². The van der Waals surface area contributed by atoms with E-state index in [1.165, 1.54) is 0 Å². The zero-order valence-corrected chi connectivity index (χ0v) is 26.4. The molecule has 0 rings (SSSR count). The van der Waals surface area contributed by atoms with Gasteiger partial charge in [0.25, 0.3) is 0 Å². The van der Waals surface area contributed by atoms with E-state index in [9.17, 15) is 9.90 Å². The number of allylic oxidation sites excluding steroid dienone is 1. The predicted molar refractivity (Wildman–Crippen MR) is 148 cm³/mol. The molecule has 0 aromatic heterocycles. The third-order valence-electron chi connectivity index (χ3n) is 8.38. The number of ketones is 1. The summed E-state index contributed by atoms with van der Waals surface area (Å²) in [5.41, 5.74) is -0.736. The molecule has 0 aliphatic carbocycles. The van der Waals surface area contributed by atoms with Crippen LogP contribution in [-0.2, 0) is 13.6 Å². The first-order chi connectivity index (χ1) is 14.5. The van der Waals surface area contributed by atoms with E-state index in [1.807, 2.05) is 27.7 Å². The van der Waals surface area contributed by atoms with Crippen molar-refractivity contribution in [1.82, 2.24) is 0 Å². The number of aliphatic hydroxyl groups excluding tert-OH is 1. The number of Topliss-reactive ketones (excluding diaryl/α,β-unsaturated/α-hetero) is 1. The van der Waals surface area contributed by atoms with Crippen LogP contribution in [0.2, 0.25) is 36.3 Å². The van der Waals surface area contributed by atoms with Gasteiger partial charge in [-0.05, 0) is 55.0 Å². The van der Waals surface area contributed by atoms with Gasteiger partial charge in [0.15, 0.2) is 16.6 Å². The zero-order chi connectivity index (χ0) is 26.6. The molecule has 0 aromatic carbocycles. The first-order valence-electron chi connectivity index (χ1n) is 12.7. The van der Waals surface area contributed by atoms with E-state index >= 15 is 0 Å². The van der Waals surface area contributed by atoms with Gasteiger partial charge in [0.05, 0.1) is 12.2 Å². The lowest BCUT2D eigenvalue weighted by atomic mass is 9.73. The fraction of sp³-hybridized carbons (Fsp3) is 0.889. The van der Waals surface area contributed by atoms with Crippen molar-refractivity contribution in [2.75, 3.05) is 6.61 Å². The van der Waals surface area contributed by atoms with Crippen LogP contribution in [0.4, 0.5) is 0 Å². The molecule has 0 spiro atoms. The standard InChI is InChI=1S/C27H56O4Si2/c1-16-17-20(2)23(28)21(3)24(29)27(10,11)22(31-33(14,15)26(7,8)9)18-19-30-32(12,13)25(4,5)6/h16,20-23,28H,1,17-19H2,2-15H3/t20-,21+,22-,23-/m0/s1. The molecule has 0 radical (unpaired) electrons. The lowest BCUT2D eigenvalue weighted by Gasteiger charge is -2.45. The highest BCUT2D eigenvalue weighted by atomic mass is 28.4. The van der Waals surface area contributed by atoms with Crippen LogP contribution in [0.15, 0.2) is 12.7 Å². The molecule has 0 saturated heterocycles. The van der Waals surface area contributed by atoms with Gasteiger partial charge in [-0.25, -0.2) is 0 Å². The summed E-state index contributed by atoms with van der Waals surface area (Å²) in [4.78, 5) is 13.7. The molecule has 0 aliphatic rings. The molecule has 4 atom stereocenters. The summed E-state index contributed by atoms with van der Waals surface area (Å²) in [6, 6.07) is 0. The number of aliphatic hydroxyl groups is 1. The summed E-state index contributed by atoms with van der Waals surface area (Å²) in [5, 5.41) is 11.0. The van der Waals surface area contributed by atoms with Crippen LogP contribution < -0.4 is 0 Å². The van der Waals surface area contributed by atoms with Gasteiger partial charge in [-0.1, -0.05) is 75.3 Å². The van der Waals surface area contributed by atoms with Gasteiger partial charge in [0, 0.05) is 17.9 Å². The van der Waals surface area contributed by atoms with Crippen molar-refractivity contribution in [3.05, 3.63) is 12.7 Å². The highest BCUT2D eigenvalue weighted by molar-refractivity contribution is 6.74. The minimum absolute atomic E-state index is 0.0149. The second-order valence-corrected chi connectivity index (χ2v) is 23.2. The summed E-state index contributed by atoms with van der Waals surface area (Å²) in [7, 11) is -4.02. The molecular weight excluding hydrogens is 444 g/mol. The van der Waals surface area contributed by atoms with Crippen molar-refractivity contribution in [3.8, 4) is 0 Å². The second kappa shape index (κ2) is 11.6. The van der Waals surface area contributed by atoms with Crippen molar-refractivity contribution in [3.63, 3.8) is 0 Å². The average Bonchev–Trinajstić information content (AvgIpc) is 2.63. The monoisotopic (exact) mass is 500 g/mol. The lowest BCUT2D eigenvalue weighted by molar-refractivity contribution is -0.141. The van der Waals surface area contributed by atoms with Gasteiger partial charge < -0.3 is 14.0 Å². The number of hydrogen-bond donors (Lipinski definition) is 1. The molecule has 0 aromatic rings. The van der Waals surface area contributed by atoms with Gasteiger partial charge >= 0.3 is 0 Å². The number of rotatable bonds is 13. The first kappa shape index (κ1) is 32.7. The Morgan fingerprint density at radius 2 is 1.39 bits per heavy atom. The minimum atomic E-state index is -2.12. The van der Waals surface area contributed by atoms with Crippen molar-refractivity contribution < 1.29 is 18.8 Å². The summed E-state index contributed by atoms with van der Waals surface area (Å²) >= 11 is 0. The SMILES string of the molecule is C=CC[C@H](C)[C@H](O)[C@@H](C)C(=O)C(C)(C)[C@H](CCO[Si](C)(C)C(C)(C)C)O[Si](C)(C)C(C)(C)C. The molecule has 0 amide bonds. The van der Waals surface area contributed by atoms with Crippen molar-refractivity contribution in [1.29, 1.82) is 0 Å². The molecular formula is C27H56O4Si2. The Bertz CT molecular complexity index is 641. The Labute approximate surface area is 208 Å². The Kier molecular flexibility index (Phi) is 11.5. The van der Waals surface area contributed by atoms with Gasteiger partial charge in [-0.15, -0.1) is 6.58 Å². The van der Waals surface area contributed by atoms with Gasteiger partial charge in [-0.2, -0.15) is 0 Å². The largest absolute Gasteiger partial charge is 0.417 e. The summed E-state index contributed by atoms with van der Waals surface area (Å²) in [6.07, 6.45) is 2.19. The summed E-state index contributed by atoms with van der Waals surface area (Å²) in [6.45, 7) is 34.5. The van der Waals surface area contributed by atoms with Crippen molar-refractivity contribution in [2.45, 2.75) is 131 Å². The quantitative estimate of drug-likeness (QED) is 0.209. The van der Waals surface area contributed by atoms with E-state index in [2.05, 4.69) is 74.3 Å². The Balaban J connectivity index is 5.89. The smallest absolute Gasteiger partial charge is 0.192 e. The molecule has 0 unspecified atom stereocenters. The average molecular weight is 501 g/mol. The fourth-order valence-electron chi connectivity index (χ4n) is 3.53. The molecule has 4 nitrogen and oxygen atoms in total. The van der Waals surface area contributed by atoms with Gasteiger partial charge in [-0.3, -0.25) is 4.79 Å². The summed E-state index contributed by atoms with van der Waals surface area (Å²) < 4.78 is 13.4. The van der Waals surface area contributed by atoms with Crippen LogP contribution in [0.3, 0.4) is 0 Å². The third-order valence-corrected chi connectivity index (χ3v) is 17.4. The van der Waals surface area contributed by atoms with Crippen LogP contribution in [0.1, 0.15) is 82.1 Å². The summed E-state index contributed by atoms with van der Waals surface area (Å²) in [5.74, 6) is -0.428. The van der Waals surface area contributed by atoms with Gasteiger partial charge in [0.2, 0.25) is 0 Å². The van der Waals surface area contributed by atoms with Crippen LogP contribution in [0, 0.1) is 17.3 Å². The topological polar surface area (TPSA) is 55.8 Å². The molecule has 0 fully saturated rings. The van der Waals surface area contributed by atoms with E-state index in [-0.39, 0.29) is 27.9 Å². The molecule has 0 heterocycles. The van der Waals surface area contributed by atoms with Crippen LogP contribution >= 0.6 is 0 Å². The highest BCUT2D eigenvalue weighted by Gasteiger charge is 2.47. The Morgan fingerprint density at radius 1 is 0.939 bits per heavy atom. The maximum atomic E-state index is 13.7. The molecule has 33 heavy (non-hydrogen) atoms. The molecule has 0 saturated carbocycles. The second-order valence-electron chi connectivity index (χ2n) is 13.6. The van der Waals surface area contributed by atoms with E-state index < -0.39 is 34.1 Å². The molecule has 0 aliphatic heterocycles. The van der Waals surface area contributed by atoms with Crippen LogP contribution in [-0.4, -0.2) is 46.3 Å². The van der Waals surface area contributed by atoms with E-state index in [0.29, 0.717) is 19.4 Å². The predicted octanol–water partition coefficient (Wildman–Crippen LogP) is 7.59. The van der Waals surface area contributed by atoms with E-state index in [1.54, 1.807) is 6.08 Å². The normalized spacial score (nSPS) is 17.9. The Hall–Kier alpha value is -0.276. The van der Waals surface area contributed by atoms with Gasteiger partial charge in [0.1, 0.15) is 5.78 Å². The number of carbonyl (C=O) groups excluding carboxylic acids is 1. The lowest BCUT2D eigenvalue weighted by Crippen LogP contribution is -2.52. The third kappa shape index (κ3) is 8.71. The van der Waals surface area contributed by atoms with Crippen LogP contribution in [0.25, 0.3) is 0 Å². The zero-order valence-electron chi connectivity index (χ0n) is 24.4. The van der Waals surface area contributed by atoms with Crippen molar-refractivity contribution in [2.24, 2.45) is 17.3 Å². The number of carbonyl (C=O) groups is 1. The maximum absolute atomic E-state index is 13.7. The minimum Gasteiger partial charge on any atom is -0.417 e.